The number of hydrogen-bond donors (Lipinski definition) is 2. The lowest BCUT2D eigenvalue weighted by atomic mass is 9.80. The van der Waals surface area contributed by atoms with Gasteiger partial charge >= 0.3 is 0 Å². The number of aromatic hydroxyl groups is 2. The van der Waals surface area contributed by atoms with Gasteiger partial charge in [0.2, 0.25) is 0 Å². The summed E-state index contributed by atoms with van der Waals surface area (Å²) in [5.41, 5.74) is 2.63. The van der Waals surface area contributed by atoms with Crippen LogP contribution in [0.3, 0.4) is 0 Å². The fourth-order valence-corrected chi connectivity index (χ4v) is 4.30. The number of phenolic OH excluding ortho intramolecular Hbond substituents is 2. The summed E-state index contributed by atoms with van der Waals surface area (Å²) >= 11 is 0. The lowest BCUT2D eigenvalue weighted by Gasteiger charge is -2.24. The molecule has 5 aromatic rings. The van der Waals surface area contributed by atoms with Crippen LogP contribution in [0.25, 0.3) is 21.5 Å². The second kappa shape index (κ2) is 6.99. The Morgan fingerprint density at radius 1 is 0.448 bits per heavy atom. The minimum Gasteiger partial charge on any atom is -0.508 e. The van der Waals surface area contributed by atoms with Gasteiger partial charge in [-0.2, -0.15) is 0 Å². The summed E-state index contributed by atoms with van der Waals surface area (Å²) in [6.07, 6.45) is 0. The van der Waals surface area contributed by atoms with Gasteiger partial charge < -0.3 is 10.2 Å². The molecule has 0 amide bonds. The van der Waals surface area contributed by atoms with E-state index < -0.39 is 0 Å². The third kappa shape index (κ3) is 2.90. The molecule has 2 N–H and O–H groups in total. The molecule has 0 aliphatic heterocycles. The zero-order valence-electron chi connectivity index (χ0n) is 15.8. The molecule has 140 valence electrons. The summed E-state index contributed by atoms with van der Waals surface area (Å²) in [6.45, 7) is 0. The quantitative estimate of drug-likeness (QED) is 0.349. The van der Waals surface area contributed by atoms with Crippen molar-refractivity contribution in [3.8, 4) is 11.5 Å². The highest BCUT2D eigenvalue weighted by atomic mass is 16.3. The van der Waals surface area contributed by atoms with Gasteiger partial charge in [-0.3, -0.25) is 0 Å². The van der Waals surface area contributed by atoms with Gasteiger partial charge in [-0.25, -0.2) is 0 Å². The molecule has 0 aliphatic carbocycles. The maximum Gasteiger partial charge on any atom is 0.120 e. The van der Waals surface area contributed by atoms with Gasteiger partial charge in [-0.15, -0.1) is 0 Å². The molecule has 0 aromatic heterocycles. The normalized spacial score (nSPS) is 11.3. The summed E-state index contributed by atoms with van der Waals surface area (Å²) in [6, 6.07) is 33.5. The highest BCUT2D eigenvalue weighted by Gasteiger charge is 2.26. The second-order valence-corrected chi connectivity index (χ2v) is 7.28. The fourth-order valence-electron chi connectivity index (χ4n) is 4.30. The van der Waals surface area contributed by atoms with Crippen LogP contribution in [0.2, 0.25) is 0 Å². The van der Waals surface area contributed by atoms with Crippen molar-refractivity contribution in [3.05, 3.63) is 120 Å². The predicted octanol–water partition coefficient (Wildman–Crippen LogP) is 6.58. The second-order valence-electron chi connectivity index (χ2n) is 7.28. The van der Waals surface area contributed by atoms with E-state index in [4.69, 9.17) is 0 Å². The van der Waals surface area contributed by atoms with Crippen molar-refractivity contribution in [2.75, 3.05) is 0 Å². The summed E-state index contributed by atoms with van der Waals surface area (Å²) in [5.74, 6) is 0.142. The fraction of sp³-hybridized carbons (Fsp3) is 0.0370. The number of rotatable bonds is 3. The molecule has 0 spiro atoms. The van der Waals surface area contributed by atoms with Crippen LogP contribution in [0, 0.1) is 0 Å². The monoisotopic (exact) mass is 376 g/mol. The summed E-state index contributed by atoms with van der Waals surface area (Å²) < 4.78 is 0. The molecule has 0 bridgehead atoms. The zero-order valence-corrected chi connectivity index (χ0v) is 15.8. The van der Waals surface area contributed by atoms with Crippen molar-refractivity contribution in [2.24, 2.45) is 0 Å². The summed E-state index contributed by atoms with van der Waals surface area (Å²) in [4.78, 5) is 0. The number of fused-ring (bicyclic) bond motifs is 2. The molecule has 0 heterocycles. The Bertz CT molecular complexity index is 1240. The number of hydrogen-bond acceptors (Lipinski definition) is 2. The molecule has 5 rings (SSSR count). The van der Waals surface area contributed by atoms with Crippen LogP contribution in [0.15, 0.2) is 103 Å². The van der Waals surface area contributed by atoms with Crippen molar-refractivity contribution in [1.29, 1.82) is 0 Å². The molecule has 0 saturated heterocycles. The Balaban J connectivity index is 1.92. The molecule has 2 nitrogen and oxygen atoms in total. The Hall–Kier alpha value is -3.78. The SMILES string of the molecule is Oc1ccc2ccccc2c1C(c1ccccc1)c1c(O)ccc2ccccc12. The van der Waals surface area contributed by atoms with Crippen LogP contribution in [0.1, 0.15) is 22.6 Å². The van der Waals surface area contributed by atoms with Crippen LogP contribution >= 0.6 is 0 Å². The van der Waals surface area contributed by atoms with Crippen molar-refractivity contribution >= 4 is 21.5 Å². The predicted molar refractivity (Wildman–Crippen MR) is 119 cm³/mol. The molecule has 29 heavy (non-hydrogen) atoms. The van der Waals surface area contributed by atoms with E-state index in [1.54, 1.807) is 12.1 Å². The first kappa shape index (κ1) is 17.3. The largest absolute Gasteiger partial charge is 0.508 e. The molecule has 0 atom stereocenters. The van der Waals surface area contributed by atoms with E-state index in [0.29, 0.717) is 0 Å². The first-order valence-corrected chi connectivity index (χ1v) is 9.70. The van der Waals surface area contributed by atoms with E-state index in [2.05, 4.69) is 0 Å². The third-order valence-electron chi connectivity index (χ3n) is 5.61. The third-order valence-corrected chi connectivity index (χ3v) is 5.61. The maximum atomic E-state index is 11.0. The molecule has 0 unspecified atom stereocenters. The first-order valence-electron chi connectivity index (χ1n) is 9.70. The van der Waals surface area contributed by atoms with Gasteiger partial charge in [0.1, 0.15) is 11.5 Å². The molecule has 0 radical (unpaired) electrons. The van der Waals surface area contributed by atoms with Crippen LogP contribution in [0.5, 0.6) is 11.5 Å². The van der Waals surface area contributed by atoms with E-state index in [0.717, 1.165) is 38.2 Å². The Morgan fingerprint density at radius 3 is 1.41 bits per heavy atom. The van der Waals surface area contributed by atoms with Gasteiger partial charge in [0.15, 0.2) is 0 Å². The standard InChI is InChI=1S/C27H20O2/c28-23-16-14-18-8-4-6-12-21(18)26(23)25(20-10-2-1-3-11-20)27-22-13-7-5-9-19(22)15-17-24(27)29/h1-17,25,28-29H. The van der Waals surface area contributed by atoms with Gasteiger partial charge in [0.25, 0.3) is 0 Å². The van der Waals surface area contributed by atoms with Crippen molar-refractivity contribution in [2.45, 2.75) is 5.92 Å². The molecule has 0 saturated carbocycles. The van der Waals surface area contributed by atoms with Gasteiger partial charge in [0, 0.05) is 17.0 Å². The molecule has 0 fully saturated rings. The van der Waals surface area contributed by atoms with Crippen LogP contribution < -0.4 is 0 Å². The van der Waals surface area contributed by atoms with E-state index in [-0.39, 0.29) is 17.4 Å². The Kier molecular flexibility index (Phi) is 4.18. The molecular weight excluding hydrogens is 356 g/mol. The van der Waals surface area contributed by atoms with E-state index in [1.165, 1.54) is 0 Å². The highest BCUT2D eigenvalue weighted by molar-refractivity contribution is 5.93. The van der Waals surface area contributed by atoms with Gasteiger partial charge in [0.05, 0.1) is 0 Å². The van der Waals surface area contributed by atoms with Gasteiger partial charge in [-0.05, 0) is 39.2 Å². The van der Waals surface area contributed by atoms with Crippen LogP contribution in [-0.2, 0) is 0 Å². The highest BCUT2D eigenvalue weighted by Crippen LogP contribution is 2.46. The minimum atomic E-state index is -0.312. The first-order chi connectivity index (χ1) is 14.2. The average molecular weight is 376 g/mol. The lowest BCUT2D eigenvalue weighted by molar-refractivity contribution is 0.460. The van der Waals surface area contributed by atoms with E-state index in [1.807, 2.05) is 91.0 Å². The van der Waals surface area contributed by atoms with Crippen LogP contribution in [-0.4, -0.2) is 10.2 Å². The maximum absolute atomic E-state index is 11.0. The molecule has 0 aliphatic rings. The lowest BCUT2D eigenvalue weighted by Crippen LogP contribution is -2.06. The summed E-state index contributed by atoms with van der Waals surface area (Å²) in [5, 5.41) is 26.0. The van der Waals surface area contributed by atoms with Gasteiger partial charge in [-0.1, -0.05) is 91.0 Å². The Morgan fingerprint density at radius 2 is 0.897 bits per heavy atom. The minimum absolute atomic E-state index is 0.227. The summed E-state index contributed by atoms with van der Waals surface area (Å²) in [7, 11) is 0. The zero-order chi connectivity index (χ0) is 19.8. The topological polar surface area (TPSA) is 40.5 Å². The molecule has 5 aromatic carbocycles. The Labute approximate surface area is 169 Å². The molecule has 2 heteroatoms. The van der Waals surface area contributed by atoms with E-state index in [9.17, 15) is 10.2 Å². The molecular formula is C27H20O2. The smallest absolute Gasteiger partial charge is 0.120 e. The average Bonchev–Trinajstić information content (AvgIpc) is 2.77. The van der Waals surface area contributed by atoms with Crippen molar-refractivity contribution in [3.63, 3.8) is 0 Å². The number of phenols is 2. The van der Waals surface area contributed by atoms with E-state index >= 15 is 0 Å². The van der Waals surface area contributed by atoms with Crippen molar-refractivity contribution in [1.82, 2.24) is 0 Å². The van der Waals surface area contributed by atoms with Crippen molar-refractivity contribution < 1.29 is 10.2 Å². The van der Waals surface area contributed by atoms with Crippen LogP contribution in [0.4, 0.5) is 0 Å². The number of benzene rings is 5.